The Bertz CT molecular complexity index is 818. The lowest BCUT2D eigenvalue weighted by Crippen LogP contribution is -2.32. The van der Waals surface area contributed by atoms with Gasteiger partial charge in [-0.25, -0.2) is 4.68 Å². The van der Waals surface area contributed by atoms with Crippen molar-refractivity contribution in [3.63, 3.8) is 0 Å². The van der Waals surface area contributed by atoms with Gasteiger partial charge in [0.15, 0.2) is 5.69 Å². The molecule has 2 aromatic rings. The summed E-state index contributed by atoms with van der Waals surface area (Å²) in [6, 6.07) is 4.67. The molecule has 0 radical (unpaired) electrons. The maximum absolute atomic E-state index is 13.0. The number of hydrogen-bond acceptors (Lipinski definition) is 4. The summed E-state index contributed by atoms with van der Waals surface area (Å²) in [5.41, 5.74) is -0.165. The first-order valence-electron chi connectivity index (χ1n) is 9.36. The fourth-order valence-corrected chi connectivity index (χ4v) is 3.39. The molecule has 0 aliphatic carbocycles. The highest BCUT2D eigenvalue weighted by atomic mass is 35.5. The highest BCUT2D eigenvalue weighted by Gasteiger charge is 2.31. The van der Waals surface area contributed by atoms with Crippen LogP contribution in [0.25, 0.3) is 0 Å². The summed E-state index contributed by atoms with van der Waals surface area (Å²) < 4.78 is 40.8. The number of halogens is 4. The number of hydrogen-bond donors (Lipinski definition) is 2. The molecule has 1 atom stereocenters. The van der Waals surface area contributed by atoms with Crippen molar-refractivity contribution in [2.75, 3.05) is 13.1 Å². The van der Waals surface area contributed by atoms with Crippen LogP contribution in [-0.2, 0) is 6.18 Å². The van der Waals surface area contributed by atoms with E-state index in [1.807, 2.05) is 13.8 Å². The predicted octanol–water partition coefficient (Wildman–Crippen LogP) is 3.77. The lowest BCUT2D eigenvalue weighted by atomic mass is 9.94. The summed E-state index contributed by atoms with van der Waals surface area (Å²) in [7, 11) is 0. The zero-order valence-corrected chi connectivity index (χ0v) is 17.1. The van der Waals surface area contributed by atoms with Crippen LogP contribution in [0.1, 0.15) is 60.4 Å². The summed E-state index contributed by atoms with van der Waals surface area (Å²) in [5, 5.41) is 14.1. The highest BCUT2D eigenvalue weighted by molar-refractivity contribution is 5.92. The number of rotatable bonds is 5. The topological polar surface area (TPSA) is 71.8 Å². The van der Waals surface area contributed by atoms with Crippen molar-refractivity contribution in [2.45, 2.75) is 44.9 Å². The minimum Gasteiger partial charge on any atom is -0.344 e. The van der Waals surface area contributed by atoms with E-state index >= 15 is 0 Å². The van der Waals surface area contributed by atoms with Gasteiger partial charge < -0.3 is 10.6 Å². The first-order valence-corrected chi connectivity index (χ1v) is 9.36. The SMILES string of the molecule is CC(C)C(NC(=O)c1cn(C2CCNCC2)nn1)c1cccc(C(F)(F)F)c1.Cl. The number of carbonyl (C=O) groups excluding carboxylic acids is 1. The van der Waals surface area contributed by atoms with Crippen LogP contribution in [0, 0.1) is 5.92 Å². The van der Waals surface area contributed by atoms with Crippen molar-refractivity contribution in [1.82, 2.24) is 25.6 Å². The predicted molar refractivity (Wildman–Crippen MR) is 105 cm³/mol. The maximum Gasteiger partial charge on any atom is 0.416 e. The summed E-state index contributed by atoms with van der Waals surface area (Å²) in [4.78, 5) is 12.6. The maximum atomic E-state index is 13.0. The van der Waals surface area contributed by atoms with Crippen molar-refractivity contribution in [2.24, 2.45) is 5.92 Å². The molecule has 160 valence electrons. The van der Waals surface area contributed by atoms with E-state index in [-0.39, 0.29) is 30.1 Å². The molecule has 0 spiro atoms. The van der Waals surface area contributed by atoms with Crippen molar-refractivity contribution in [3.05, 3.63) is 47.3 Å². The van der Waals surface area contributed by atoms with E-state index in [0.29, 0.717) is 5.56 Å². The molecule has 10 heteroatoms. The third-order valence-corrected chi connectivity index (χ3v) is 4.95. The quantitative estimate of drug-likeness (QED) is 0.756. The van der Waals surface area contributed by atoms with E-state index in [0.717, 1.165) is 38.1 Å². The molecular formula is C19H25ClF3N5O. The molecule has 2 heterocycles. The number of piperidine rings is 1. The van der Waals surface area contributed by atoms with Gasteiger partial charge >= 0.3 is 6.18 Å². The van der Waals surface area contributed by atoms with Crippen LogP contribution in [0.15, 0.2) is 30.5 Å². The van der Waals surface area contributed by atoms with Crippen LogP contribution in [0.2, 0.25) is 0 Å². The molecule has 0 saturated carbocycles. The normalized spacial score (nSPS) is 16.3. The summed E-state index contributed by atoms with van der Waals surface area (Å²) in [6.07, 6.45) is -1.01. The van der Waals surface area contributed by atoms with Gasteiger partial charge in [-0.05, 0) is 49.5 Å². The van der Waals surface area contributed by atoms with Crippen LogP contribution in [0.4, 0.5) is 13.2 Å². The fourth-order valence-electron chi connectivity index (χ4n) is 3.39. The van der Waals surface area contributed by atoms with Gasteiger partial charge in [-0.1, -0.05) is 31.2 Å². The van der Waals surface area contributed by atoms with Crippen LogP contribution in [-0.4, -0.2) is 34.0 Å². The van der Waals surface area contributed by atoms with E-state index in [1.54, 1.807) is 16.9 Å². The van der Waals surface area contributed by atoms with Gasteiger partial charge in [0.1, 0.15) is 0 Å². The molecule has 1 amide bonds. The molecular weight excluding hydrogens is 407 g/mol. The molecule has 1 fully saturated rings. The molecule has 1 saturated heterocycles. The van der Waals surface area contributed by atoms with Gasteiger partial charge in [0.05, 0.1) is 23.8 Å². The second kappa shape index (κ2) is 9.58. The smallest absolute Gasteiger partial charge is 0.344 e. The number of alkyl halides is 3. The minimum absolute atomic E-state index is 0. The van der Waals surface area contributed by atoms with Crippen LogP contribution < -0.4 is 10.6 Å². The van der Waals surface area contributed by atoms with Gasteiger partial charge in [-0.3, -0.25) is 4.79 Å². The molecule has 1 aliphatic heterocycles. The minimum atomic E-state index is -4.43. The Morgan fingerprint density at radius 3 is 2.59 bits per heavy atom. The molecule has 29 heavy (non-hydrogen) atoms. The number of nitrogens with zero attached hydrogens (tertiary/aromatic N) is 3. The Kier molecular flexibility index (Phi) is 7.65. The Morgan fingerprint density at radius 1 is 1.28 bits per heavy atom. The molecule has 1 aliphatic rings. The van der Waals surface area contributed by atoms with Crippen molar-refractivity contribution in [3.8, 4) is 0 Å². The Morgan fingerprint density at radius 2 is 1.97 bits per heavy atom. The number of benzene rings is 1. The molecule has 1 aromatic carbocycles. The Labute approximate surface area is 173 Å². The molecule has 0 bridgehead atoms. The first kappa shape index (κ1) is 23.2. The summed E-state index contributed by atoms with van der Waals surface area (Å²) >= 11 is 0. The number of amides is 1. The lowest BCUT2D eigenvalue weighted by Gasteiger charge is -2.23. The van der Waals surface area contributed by atoms with Gasteiger partial charge in [0.25, 0.3) is 5.91 Å². The largest absolute Gasteiger partial charge is 0.416 e. The van der Waals surface area contributed by atoms with E-state index in [2.05, 4.69) is 20.9 Å². The van der Waals surface area contributed by atoms with Crippen molar-refractivity contribution in [1.29, 1.82) is 0 Å². The van der Waals surface area contributed by atoms with E-state index in [4.69, 9.17) is 0 Å². The van der Waals surface area contributed by atoms with Gasteiger partial charge in [0, 0.05) is 0 Å². The van der Waals surface area contributed by atoms with Crippen LogP contribution in [0.5, 0.6) is 0 Å². The second-order valence-electron chi connectivity index (χ2n) is 7.38. The summed E-state index contributed by atoms with van der Waals surface area (Å²) in [5.74, 6) is -0.553. The molecule has 3 rings (SSSR count). The fraction of sp³-hybridized carbons (Fsp3) is 0.526. The first-order chi connectivity index (χ1) is 13.3. The Balaban J connectivity index is 0.00000300. The molecule has 2 N–H and O–H groups in total. The van der Waals surface area contributed by atoms with Crippen LogP contribution in [0.3, 0.4) is 0 Å². The number of nitrogens with one attached hydrogen (secondary N) is 2. The zero-order valence-electron chi connectivity index (χ0n) is 16.2. The monoisotopic (exact) mass is 431 g/mol. The number of aromatic nitrogens is 3. The van der Waals surface area contributed by atoms with Gasteiger partial charge in [0.2, 0.25) is 0 Å². The zero-order chi connectivity index (χ0) is 20.3. The summed E-state index contributed by atoms with van der Waals surface area (Å²) in [6.45, 7) is 5.46. The molecule has 1 aromatic heterocycles. The van der Waals surface area contributed by atoms with Crippen molar-refractivity contribution >= 4 is 18.3 Å². The second-order valence-corrected chi connectivity index (χ2v) is 7.38. The van der Waals surface area contributed by atoms with Gasteiger partial charge in [-0.15, -0.1) is 17.5 Å². The van der Waals surface area contributed by atoms with Crippen LogP contribution >= 0.6 is 12.4 Å². The lowest BCUT2D eigenvalue weighted by molar-refractivity contribution is -0.137. The number of carbonyl (C=O) groups is 1. The molecule has 1 unspecified atom stereocenters. The average Bonchev–Trinajstić information content (AvgIpc) is 3.16. The van der Waals surface area contributed by atoms with E-state index in [1.165, 1.54) is 6.07 Å². The van der Waals surface area contributed by atoms with Crippen molar-refractivity contribution < 1.29 is 18.0 Å². The van der Waals surface area contributed by atoms with Gasteiger partial charge in [-0.2, -0.15) is 13.2 Å². The molecule has 6 nitrogen and oxygen atoms in total. The third-order valence-electron chi connectivity index (χ3n) is 4.95. The van der Waals surface area contributed by atoms with E-state index < -0.39 is 23.7 Å². The Hall–Kier alpha value is -2.13. The average molecular weight is 432 g/mol. The van der Waals surface area contributed by atoms with E-state index in [9.17, 15) is 18.0 Å². The highest BCUT2D eigenvalue weighted by Crippen LogP contribution is 2.32. The third kappa shape index (κ3) is 5.70. The standard InChI is InChI=1S/C19H24F3N5O.ClH/c1-12(2)17(13-4-3-5-14(10-13)19(20,21)22)24-18(28)16-11-27(26-25-16)15-6-8-23-9-7-15;/h3-5,10-12,15,17,23H,6-9H2,1-2H3,(H,24,28);1H.